The third kappa shape index (κ3) is 2.11. The fourth-order valence-corrected chi connectivity index (χ4v) is 3.91. The molecule has 0 radical (unpaired) electrons. The molecule has 3 rings (SSSR count). The van der Waals surface area contributed by atoms with E-state index in [0.29, 0.717) is 12.5 Å². The fraction of sp³-hybridized carbons (Fsp3) is 0.647. The first-order chi connectivity index (χ1) is 9.06. The second-order valence-electron chi connectivity index (χ2n) is 6.88. The maximum atomic E-state index is 11.1. The average Bonchev–Trinajstić information content (AvgIpc) is 2.74. The zero-order valence-corrected chi connectivity index (χ0v) is 11.9. The second-order valence-corrected chi connectivity index (χ2v) is 6.88. The zero-order valence-electron chi connectivity index (χ0n) is 11.9. The summed E-state index contributed by atoms with van der Waals surface area (Å²) in [5, 5.41) is 11.1. The molecule has 0 bridgehead atoms. The standard InChI is InChI=1S/C17H25NO/c1-16(19,9-13-5-4-6-13)17(12-18)10-14-7-2-3-8-15(14)11-17/h2-3,7-8,13,19H,4-6,9-12,18H2,1H3. The van der Waals surface area contributed by atoms with Gasteiger partial charge in [-0.25, -0.2) is 0 Å². The lowest BCUT2D eigenvalue weighted by Crippen LogP contribution is -2.53. The number of benzene rings is 1. The quantitative estimate of drug-likeness (QED) is 0.873. The van der Waals surface area contributed by atoms with Crippen LogP contribution in [0.4, 0.5) is 0 Å². The van der Waals surface area contributed by atoms with E-state index in [1.165, 1.54) is 30.4 Å². The summed E-state index contributed by atoms with van der Waals surface area (Å²) in [6.07, 6.45) is 6.67. The van der Waals surface area contributed by atoms with Crippen LogP contribution in [0, 0.1) is 11.3 Å². The van der Waals surface area contributed by atoms with Crippen LogP contribution in [-0.2, 0) is 12.8 Å². The predicted octanol–water partition coefficient (Wildman–Crippen LogP) is 2.67. The third-order valence-corrected chi connectivity index (χ3v) is 5.62. The van der Waals surface area contributed by atoms with Gasteiger partial charge in [-0.1, -0.05) is 43.5 Å². The molecule has 1 aromatic rings. The van der Waals surface area contributed by atoms with Crippen LogP contribution in [0.2, 0.25) is 0 Å². The van der Waals surface area contributed by atoms with E-state index in [-0.39, 0.29) is 5.41 Å². The Balaban J connectivity index is 1.84. The molecule has 0 aliphatic heterocycles. The van der Waals surface area contributed by atoms with Crippen LogP contribution >= 0.6 is 0 Å². The van der Waals surface area contributed by atoms with Crippen LogP contribution in [-0.4, -0.2) is 17.3 Å². The van der Waals surface area contributed by atoms with Gasteiger partial charge in [0.2, 0.25) is 0 Å². The van der Waals surface area contributed by atoms with Crippen LogP contribution < -0.4 is 5.73 Å². The van der Waals surface area contributed by atoms with Crippen LogP contribution in [0.15, 0.2) is 24.3 Å². The highest BCUT2D eigenvalue weighted by Gasteiger charge is 2.50. The lowest BCUT2D eigenvalue weighted by Gasteiger charge is -2.45. The van der Waals surface area contributed by atoms with Gasteiger partial charge in [0.1, 0.15) is 0 Å². The summed E-state index contributed by atoms with van der Waals surface area (Å²) < 4.78 is 0. The zero-order chi connectivity index (χ0) is 13.5. The molecule has 0 saturated heterocycles. The Kier molecular flexibility index (Phi) is 3.18. The molecular weight excluding hydrogens is 234 g/mol. The second kappa shape index (κ2) is 4.60. The number of hydrogen-bond acceptors (Lipinski definition) is 2. The van der Waals surface area contributed by atoms with E-state index in [0.717, 1.165) is 19.3 Å². The predicted molar refractivity (Wildman–Crippen MR) is 77.9 cm³/mol. The molecule has 1 atom stereocenters. The molecule has 0 spiro atoms. The summed E-state index contributed by atoms with van der Waals surface area (Å²) in [5.41, 5.74) is 8.06. The van der Waals surface area contributed by atoms with Gasteiger partial charge in [-0.05, 0) is 43.2 Å². The number of fused-ring (bicyclic) bond motifs is 1. The Bertz CT molecular complexity index is 437. The third-order valence-electron chi connectivity index (χ3n) is 5.62. The molecule has 0 amide bonds. The summed E-state index contributed by atoms with van der Waals surface area (Å²) >= 11 is 0. The number of rotatable bonds is 4. The molecule has 1 aromatic carbocycles. The Morgan fingerprint density at radius 1 is 1.26 bits per heavy atom. The van der Waals surface area contributed by atoms with E-state index in [9.17, 15) is 5.11 Å². The van der Waals surface area contributed by atoms with Crippen LogP contribution in [0.25, 0.3) is 0 Å². The minimum Gasteiger partial charge on any atom is -0.390 e. The summed E-state index contributed by atoms with van der Waals surface area (Å²) in [5.74, 6) is 0.710. The van der Waals surface area contributed by atoms with Crippen molar-refractivity contribution in [1.29, 1.82) is 0 Å². The van der Waals surface area contributed by atoms with E-state index < -0.39 is 5.60 Å². The monoisotopic (exact) mass is 259 g/mol. The number of aliphatic hydroxyl groups is 1. The molecule has 0 heterocycles. The first kappa shape index (κ1) is 13.1. The molecule has 3 N–H and O–H groups in total. The minimum atomic E-state index is -0.647. The minimum absolute atomic E-state index is 0.160. The summed E-state index contributed by atoms with van der Waals surface area (Å²) in [6, 6.07) is 8.55. The van der Waals surface area contributed by atoms with E-state index in [1.807, 2.05) is 6.92 Å². The highest BCUT2D eigenvalue weighted by Crippen LogP contribution is 2.48. The van der Waals surface area contributed by atoms with Gasteiger partial charge in [0.25, 0.3) is 0 Å². The van der Waals surface area contributed by atoms with Crippen molar-refractivity contribution in [3.05, 3.63) is 35.4 Å². The molecule has 2 aliphatic carbocycles. The van der Waals surface area contributed by atoms with Crippen molar-refractivity contribution in [2.75, 3.05) is 6.54 Å². The van der Waals surface area contributed by atoms with Gasteiger partial charge in [0.15, 0.2) is 0 Å². The lowest BCUT2D eigenvalue weighted by atomic mass is 9.64. The normalized spacial score (nSPS) is 24.6. The van der Waals surface area contributed by atoms with Crippen molar-refractivity contribution in [2.45, 2.75) is 51.0 Å². The molecule has 1 unspecified atom stereocenters. The van der Waals surface area contributed by atoms with E-state index >= 15 is 0 Å². The highest BCUT2D eigenvalue weighted by molar-refractivity contribution is 5.36. The Morgan fingerprint density at radius 3 is 2.26 bits per heavy atom. The molecular formula is C17H25NO. The van der Waals surface area contributed by atoms with E-state index in [1.54, 1.807) is 0 Å². The van der Waals surface area contributed by atoms with Crippen molar-refractivity contribution < 1.29 is 5.11 Å². The Labute approximate surface area is 116 Å². The largest absolute Gasteiger partial charge is 0.390 e. The first-order valence-corrected chi connectivity index (χ1v) is 7.56. The van der Waals surface area contributed by atoms with Crippen molar-refractivity contribution in [3.8, 4) is 0 Å². The van der Waals surface area contributed by atoms with Crippen molar-refractivity contribution in [3.63, 3.8) is 0 Å². The lowest BCUT2D eigenvalue weighted by molar-refractivity contribution is -0.0847. The topological polar surface area (TPSA) is 46.2 Å². The van der Waals surface area contributed by atoms with Gasteiger partial charge in [-0.15, -0.1) is 0 Å². The molecule has 1 saturated carbocycles. The summed E-state index contributed by atoms with van der Waals surface area (Å²) in [6.45, 7) is 2.59. The van der Waals surface area contributed by atoms with Crippen LogP contribution in [0.5, 0.6) is 0 Å². The van der Waals surface area contributed by atoms with E-state index in [2.05, 4.69) is 24.3 Å². The van der Waals surface area contributed by atoms with Crippen molar-refractivity contribution >= 4 is 0 Å². The maximum Gasteiger partial charge on any atom is 0.0696 e. The smallest absolute Gasteiger partial charge is 0.0696 e. The SMILES string of the molecule is CC(O)(CC1CCC1)C1(CN)Cc2ccccc2C1. The first-order valence-electron chi connectivity index (χ1n) is 7.56. The Hall–Kier alpha value is -0.860. The summed E-state index contributed by atoms with van der Waals surface area (Å²) in [4.78, 5) is 0. The molecule has 104 valence electrons. The average molecular weight is 259 g/mol. The highest BCUT2D eigenvalue weighted by atomic mass is 16.3. The van der Waals surface area contributed by atoms with Crippen molar-refractivity contribution in [2.24, 2.45) is 17.1 Å². The molecule has 2 aliphatic rings. The van der Waals surface area contributed by atoms with Crippen LogP contribution in [0.3, 0.4) is 0 Å². The fourth-order valence-electron chi connectivity index (χ4n) is 3.91. The van der Waals surface area contributed by atoms with Crippen LogP contribution in [0.1, 0.15) is 43.7 Å². The van der Waals surface area contributed by atoms with Gasteiger partial charge >= 0.3 is 0 Å². The summed E-state index contributed by atoms with van der Waals surface area (Å²) in [7, 11) is 0. The van der Waals surface area contributed by atoms with Gasteiger partial charge in [-0.2, -0.15) is 0 Å². The van der Waals surface area contributed by atoms with E-state index in [4.69, 9.17) is 5.73 Å². The molecule has 1 fully saturated rings. The van der Waals surface area contributed by atoms with Gasteiger partial charge in [0.05, 0.1) is 5.60 Å². The molecule has 2 nitrogen and oxygen atoms in total. The maximum absolute atomic E-state index is 11.1. The van der Waals surface area contributed by atoms with Gasteiger partial charge in [0, 0.05) is 12.0 Å². The molecule has 0 aromatic heterocycles. The van der Waals surface area contributed by atoms with Gasteiger partial charge < -0.3 is 10.8 Å². The Morgan fingerprint density at radius 2 is 1.84 bits per heavy atom. The molecule has 19 heavy (non-hydrogen) atoms. The number of hydrogen-bond donors (Lipinski definition) is 2. The number of nitrogens with two attached hydrogens (primary N) is 1. The molecule has 2 heteroatoms. The van der Waals surface area contributed by atoms with Crippen molar-refractivity contribution in [1.82, 2.24) is 0 Å². The van der Waals surface area contributed by atoms with Gasteiger partial charge in [-0.3, -0.25) is 0 Å².